The number of likely N-dealkylation sites (tertiary alicyclic amines) is 1. The van der Waals surface area contributed by atoms with Gasteiger partial charge in [0.15, 0.2) is 5.96 Å². The fourth-order valence-electron chi connectivity index (χ4n) is 4.05. The van der Waals surface area contributed by atoms with Crippen LogP contribution in [0.4, 0.5) is 0 Å². The highest BCUT2D eigenvalue weighted by molar-refractivity contribution is 14.0. The van der Waals surface area contributed by atoms with E-state index < -0.39 is 0 Å². The number of guanidine groups is 1. The Morgan fingerprint density at radius 3 is 2.77 bits per heavy atom. The third kappa shape index (κ3) is 7.64. The lowest BCUT2D eigenvalue weighted by Crippen LogP contribution is -2.50. The molecule has 0 bridgehead atoms. The summed E-state index contributed by atoms with van der Waals surface area (Å²) in [5.41, 5.74) is 1.36. The number of aliphatic imine (C=N–C) groups is 1. The molecule has 7 nitrogen and oxygen atoms in total. The largest absolute Gasteiger partial charge is 0.382 e. The molecule has 0 amide bonds. The van der Waals surface area contributed by atoms with Gasteiger partial charge in [-0.25, -0.2) is 0 Å². The van der Waals surface area contributed by atoms with E-state index in [4.69, 9.17) is 14.2 Å². The number of hydrogen-bond acceptors (Lipinski definition) is 5. The minimum Gasteiger partial charge on any atom is -0.382 e. The normalized spacial score (nSPS) is 21.9. The average molecular weight is 532 g/mol. The van der Waals surface area contributed by atoms with Gasteiger partial charge >= 0.3 is 0 Å². The van der Waals surface area contributed by atoms with Crippen LogP contribution in [0.25, 0.3) is 0 Å². The Labute approximate surface area is 198 Å². The maximum absolute atomic E-state index is 6.09. The van der Waals surface area contributed by atoms with Gasteiger partial charge in [-0.1, -0.05) is 30.3 Å². The summed E-state index contributed by atoms with van der Waals surface area (Å²) in [7, 11) is 3.56. The SMILES string of the molecule is CN=C(NCCCCOCCOC)N1CC2OCCN(Cc3ccccc3)C2C1.I. The highest BCUT2D eigenvalue weighted by Gasteiger charge is 2.41. The summed E-state index contributed by atoms with van der Waals surface area (Å²) in [5, 5.41) is 3.51. The van der Waals surface area contributed by atoms with Crippen molar-refractivity contribution in [3.05, 3.63) is 35.9 Å². The fraction of sp³-hybridized carbons (Fsp3) is 0.682. The number of methoxy groups -OCH3 is 1. The molecule has 2 saturated heterocycles. The molecule has 0 spiro atoms. The number of halogens is 1. The molecule has 3 rings (SSSR count). The second-order valence-electron chi connectivity index (χ2n) is 7.62. The third-order valence-corrected chi connectivity index (χ3v) is 5.59. The molecule has 0 aliphatic carbocycles. The smallest absolute Gasteiger partial charge is 0.193 e. The summed E-state index contributed by atoms with van der Waals surface area (Å²) in [6.45, 7) is 7.63. The van der Waals surface area contributed by atoms with E-state index in [1.807, 2.05) is 7.05 Å². The van der Waals surface area contributed by atoms with Crippen molar-refractivity contribution in [3.8, 4) is 0 Å². The zero-order valence-electron chi connectivity index (χ0n) is 18.3. The van der Waals surface area contributed by atoms with Crippen molar-refractivity contribution in [3.63, 3.8) is 0 Å². The number of benzene rings is 1. The van der Waals surface area contributed by atoms with Crippen LogP contribution in [0.5, 0.6) is 0 Å². The summed E-state index contributed by atoms with van der Waals surface area (Å²) in [5.74, 6) is 0.975. The van der Waals surface area contributed by atoms with Gasteiger partial charge in [0.2, 0.25) is 0 Å². The number of hydrogen-bond donors (Lipinski definition) is 1. The lowest BCUT2D eigenvalue weighted by Gasteiger charge is -2.36. The van der Waals surface area contributed by atoms with Crippen LogP contribution in [0.1, 0.15) is 18.4 Å². The van der Waals surface area contributed by atoms with Crippen molar-refractivity contribution in [1.82, 2.24) is 15.1 Å². The molecule has 2 aliphatic rings. The Bertz CT molecular complexity index is 620. The van der Waals surface area contributed by atoms with Gasteiger partial charge in [-0.3, -0.25) is 9.89 Å². The van der Waals surface area contributed by atoms with E-state index in [-0.39, 0.29) is 30.1 Å². The zero-order chi connectivity index (χ0) is 20.3. The van der Waals surface area contributed by atoms with Gasteiger partial charge in [-0.05, 0) is 18.4 Å². The molecule has 2 heterocycles. The van der Waals surface area contributed by atoms with Crippen LogP contribution in [0, 0.1) is 0 Å². The fourth-order valence-corrected chi connectivity index (χ4v) is 4.05. The highest BCUT2D eigenvalue weighted by Crippen LogP contribution is 2.24. The molecule has 0 aromatic heterocycles. The van der Waals surface area contributed by atoms with Crippen LogP contribution in [0.2, 0.25) is 0 Å². The Morgan fingerprint density at radius 2 is 2.00 bits per heavy atom. The number of morpholine rings is 1. The first-order valence-corrected chi connectivity index (χ1v) is 10.7. The Kier molecular flexibility index (Phi) is 12.0. The van der Waals surface area contributed by atoms with Crippen LogP contribution in [-0.2, 0) is 20.8 Å². The number of rotatable bonds is 10. The van der Waals surface area contributed by atoms with Crippen molar-refractivity contribution < 1.29 is 14.2 Å². The van der Waals surface area contributed by atoms with Crippen molar-refractivity contribution in [2.24, 2.45) is 4.99 Å². The van der Waals surface area contributed by atoms with Crippen molar-refractivity contribution in [2.75, 3.05) is 66.8 Å². The monoisotopic (exact) mass is 532 g/mol. The number of fused-ring (bicyclic) bond motifs is 1. The Morgan fingerprint density at radius 1 is 1.17 bits per heavy atom. The lowest BCUT2D eigenvalue weighted by atomic mass is 10.1. The van der Waals surface area contributed by atoms with Crippen molar-refractivity contribution in [2.45, 2.75) is 31.5 Å². The lowest BCUT2D eigenvalue weighted by molar-refractivity contribution is -0.0502. The van der Waals surface area contributed by atoms with E-state index in [2.05, 4.69) is 50.4 Å². The highest BCUT2D eigenvalue weighted by atomic mass is 127. The number of unbranched alkanes of at least 4 members (excludes halogenated alkanes) is 1. The summed E-state index contributed by atoms with van der Waals surface area (Å²) in [4.78, 5) is 9.41. The molecule has 0 saturated carbocycles. The summed E-state index contributed by atoms with van der Waals surface area (Å²) >= 11 is 0. The maximum Gasteiger partial charge on any atom is 0.193 e. The Balaban J connectivity index is 0.00000320. The predicted octanol–water partition coefficient (Wildman–Crippen LogP) is 2.21. The predicted molar refractivity (Wildman–Crippen MR) is 131 cm³/mol. The zero-order valence-corrected chi connectivity index (χ0v) is 20.6. The summed E-state index contributed by atoms with van der Waals surface area (Å²) < 4.78 is 16.6. The van der Waals surface area contributed by atoms with Gasteiger partial charge in [0.25, 0.3) is 0 Å². The topological polar surface area (TPSA) is 58.6 Å². The second-order valence-corrected chi connectivity index (χ2v) is 7.62. The molecule has 2 fully saturated rings. The van der Waals surface area contributed by atoms with Crippen LogP contribution < -0.4 is 5.32 Å². The van der Waals surface area contributed by atoms with E-state index in [0.717, 1.165) is 64.7 Å². The van der Waals surface area contributed by atoms with E-state index in [1.165, 1.54) is 5.56 Å². The Hall–Kier alpha value is -0.940. The van der Waals surface area contributed by atoms with Gasteiger partial charge in [0, 0.05) is 53.5 Å². The first-order valence-electron chi connectivity index (χ1n) is 10.7. The van der Waals surface area contributed by atoms with Crippen LogP contribution in [0.15, 0.2) is 35.3 Å². The van der Waals surface area contributed by atoms with E-state index in [1.54, 1.807) is 7.11 Å². The molecule has 1 aromatic rings. The summed E-state index contributed by atoms with van der Waals surface area (Å²) in [6.07, 6.45) is 2.34. The second kappa shape index (κ2) is 14.2. The van der Waals surface area contributed by atoms with Gasteiger partial charge in [-0.2, -0.15) is 0 Å². The first-order chi connectivity index (χ1) is 14.3. The van der Waals surface area contributed by atoms with E-state index >= 15 is 0 Å². The van der Waals surface area contributed by atoms with Crippen molar-refractivity contribution >= 4 is 29.9 Å². The number of nitrogens with one attached hydrogen (secondary N) is 1. The third-order valence-electron chi connectivity index (χ3n) is 5.59. The van der Waals surface area contributed by atoms with Gasteiger partial charge in [-0.15, -0.1) is 24.0 Å². The van der Waals surface area contributed by atoms with Gasteiger partial charge in [0.05, 0.1) is 32.0 Å². The molecule has 0 radical (unpaired) electrons. The molecule has 8 heteroatoms. The quantitative estimate of drug-likeness (QED) is 0.216. The molecule has 2 aliphatic heterocycles. The van der Waals surface area contributed by atoms with Gasteiger partial charge in [0.1, 0.15) is 0 Å². The van der Waals surface area contributed by atoms with Crippen LogP contribution in [0.3, 0.4) is 0 Å². The molecular weight excluding hydrogens is 495 g/mol. The standard InChI is InChI=1S/C22H36N4O3.HI/c1-23-22(24-10-6-7-12-28-15-14-27-2)26-17-20-21(18-26)29-13-11-25(20)16-19-8-4-3-5-9-19;/h3-5,8-9,20-21H,6-7,10-18H2,1-2H3,(H,23,24);1H. The maximum atomic E-state index is 6.09. The minimum absolute atomic E-state index is 0. The molecule has 30 heavy (non-hydrogen) atoms. The van der Waals surface area contributed by atoms with E-state index in [9.17, 15) is 0 Å². The average Bonchev–Trinajstić information content (AvgIpc) is 3.18. The number of nitrogens with zero attached hydrogens (tertiary/aromatic N) is 3. The molecule has 2 atom stereocenters. The number of ether oxygens (including phenoxy) is 3. The van der Waals surface area contributed by atoms with Crippen LogP contribution in [-0.4, -0.2) is 94.7 Å². The molecular formula is C22H37IN4O3. The molecule has 1 N–H and O–H groups in total. The minimum atomic E-state index is 0. The molecule has 170 valence electrons. The van der Waals surface area contributed by atoms with Crippen molar-refractivity contribution in [1.29, 1.82) is 0 Å². The van der Waals surface area contributed by atoms with E-state index in [0.29, 0.717) is 19.3 Å². The molecule has 2 unspecified atom stereocenters. The summed E-state index contributed by atoms with van der Waals surface area (Å²) in [6, 6.07) is 11.1. The van der Waals surface area contributed by atoms with Gasteiger partial charge < -0.3 is 24.4 Å². The van der Waals surface area contributed by atoms with Crippen LogP contribution >= 0.6 is 24.0 Å². The molecule has 1 aromatic carbocycles. The first kappa shape index (κ1) is 25.3.